The van der Waals surface area contributed by atoms with Gasteiger partial charge in [-0.2, -0.15) is 8.75 Å². The predicted octanol–water partition coefficient (Wildman–Crippen LogP) is 1.81. The van der Waals surface area contributed by atoms with Crippen LogP contribution in [0, 0.1) is 13.8 Å². The molecule has 0 atom stereocenters. The molecule has 0 N–H and O–H groups in total. The molecule has 0 aliphatic rings. The van der Waals surface area contributed by atoms with Gasteiger partial charge in [0.2, 0.25) is 0 Å². The number of rotatable bonds is 1. The lowest BCUT2D eigenvalue weighted by Crippen LogP contribution is -1.79. The minimum Gasteiger partial charge on any atom is -0.361 e. The molecule has 2 aromatic rings. The van der Waals surface area contributed by atoms with Crippen molar-refractivity contribution in [1.82, 2.24) is 13.9 Å². The highest BCUT2D eigenvalue weighted by Gasteiger charge is 2.12. The van der Waals surface area contributed by atoms with E-state index < -0.39 is 0 Å². The number of aryl methyl sites for hydroxylation is 2. The topological polar surface area (TPSA) is 51.8 Å². The fourth-order valence-electron chi connectivity index (χ4n) is 1.12. The molecule has 0 amide bonds. The maximum atomic E-state index is 5.01. The van der Waals surface area contributed by atoms with Crippen molar-refractivity contribution in [1.29, 1.82) is 0 Å². The normalized spacial score (nSPS) is 10.5. The zero-order valence-electron chi connectivity index (χ0n) is 6.74. The second-order valence-electron chi connectivity index (χ2n) is 2.49. The van der Waals surface area contributed by atoms with Crippen molar-refractivity contribution in [3.05, 3.63) is 17.7 Å². The van der Waals surface area contributed by atoms with Crippen molar-refractivity contribution in [3.8, 4) is 11.3 Å². The summed E-state index contributed by atoms with van der Waals surface area (Å²) in [5, 5.41) is 3.83. The van der Waals surface area contributed by atoms with E-state index in [2.05, 4.69) is 13.9 Å². The van der Waals surface area contributed by atoms with E-state index in [-0.39, 0.29) is 0 Å². The molecule has 0 aliphatic carbocycles. The molecule has 12 heavy (non-hydrogen) atoms. The van der Waals surface area contributed by atoms with Crippen molar-refractivity contribution in [2.24, 2.45) is 0 Å². The van der Waals surface area contributed by atoms with Crippen molar-refractivity contribution < 1.29 is 4.52 Å². The lowest BCUT2D eigenvalue weighted by Gasteiger charge is -1.89. The standard InChI is InChI=1S/C7H7N3OS/c1-4-7(5(2)11-9-4)6-3-8-12-10-6/h3H,1-2H3. The van der Waals surface area contributed by atoms with E-state index in [1.54, 1.807) is 6.20 Å². The van der Waals surface area contributed by atoms with Crippen LogP contribution in [-0.2, 0) is 0 Å². The van der Waals surface area contributed by atoms with E-state index in [9.17, 15) is 0 Å². The largest absolute Gasteiger partial charge is 0.361 e. The zero-order chi connectivity index (χ0) is 8.55. The first-order chi connectivity index (χ1) is 5.79. The van der Waals surface area contributed by atoms with Crippen molar-refractivity contribution in [2.75, 3.05) is 0 Å². The molecule has 0 aromatic carbocycles. The van der Waals surface area contributed by atoms with Gasteiger partial charge < -0.3 is 4.52 Å². The van der Waals surface area contributed by atoms with Crippen LogP contribution in [0.2, 0.25) is 0 Å². The molecule has 0 aliphatic heterocycles. The Hall–Kier alpha value is -1.23. The summed E-state index contributed by atoms with van der Waals surface area (Å²) in [6, 6.07) is 0. The second kappa shape index (κ2) is 2.67. The first-order valence-corrected chi connectivity index (χ1v) is 4.23. The molecule has 0 unspecified atom stereocenters. The molecule has 2 heterocycles. The van der Waals surface area contributed by atoms with Crippen LogP contribution in [0.3, 0.4) is 0 Å². The van der Waals surface area contributed by atoms with Gasteiger partial charge in [-0.3, -0.25) is 0 Å². The highest BCUT2D eigenvalue weighted by molar-refractivity contribution is 6.99. The van der Waals surface area contributed by atoms with Crippen LogP contribution in [0.15, 0.2) is 10.7 Å². The van der Waals surface area contributed by atoms with Crippen LogP contribution < -0.4 is 0 Å². The Balaban J connectivity index is 2.60. The molecule has 5 heteroatoms. The maximum absolute atomic E-state index is 5.01. The first-order valence-electron chi connectivity index (χ1n) is 3.50. The third-order valence-electron chi connectivity index (χ3n) is 1.65. The summed E-state index contributed by atoms with van der Waals surface area (Å²) in [4.78, 5) is 0. The van der Waals surface area contributed by atoms with Gasteiger partial charge >= 0.3 is 0 Å². The third-order valence-corrected chi connectivity index (χ3v) is 2.13. The van der Waals surface area contributed by atoms with E-state index in [1.807, 2.05) is 13.8 Å². The fraction of sp³-hybridized carbons (Fsp3) is 0.286. The Morgan fingerprint density at radius 2 is 2.25 bits per heavy atom. The summed E-state index contributed by atoms with van der Waals surface area (Å²) in [6.45, 7) is 3.76. The minimum absolute atomic E-state index is 0.792. The molecule has 2 rings (SSSR count). The molecular weight excluding hydrogens is 174 g/mol. The Labute approximate surface area is 73.5 Å². The Morgan fingerprint density at radius 3 is 2.75 bits per heavy atom. The van der Waals surface area contributed by atoms with Gasteiger partial charge in [0, 0.05) is 0 Å². The van der Waals surface area contributed by atoms with E-state index in [0.29, 0.717) is 0 Å². The highest BCUT2D eigenvalue weighted by atomic mass is 32.1. The van der Waals surface area contributed by atoms with Crippen LogP contribution in [-0.4, -0.2) is 13.9 Å². The van der Waals surface area contributed by atoms with Gasteiger partial charge in [0.15, 0.2) is 0 Å². The van der Waals surface area contributed by atoms with Crippen LogP contribution in [0.25, 0.3) is 11.3 Å². The van der Waals surface area contributed by atoms with Crippen molar-refractivity contribution >= 4 is 11.7 Å². The van der Waals surface area contributed by atoms with Gasteiger partial charge in [-0.1, -0.05) is 5.16 Å². The Kier molecular flexibility index (Phi) is 1.65. The van der Waals surface area contributed by atoms with Gasteiger partial charge in [0.05, 0.1) is 29.2 Å². The molecular formula is C7H7N3OS. The lowest BCUT2D eigenvalue weighted by molar-refractivity contribution is 0.393. The zero-order valence-corrected chi connectivity index (χ0v) is 7.55. The average molecular weight is 181 g/mol. The molecule has 4 nitrogen and oxygen atoms in total. The number of hydrogen-bond donors (Lipinski definition) is 0. The molecule has 0 radical (unpaired) electrons. The summed E-state index contributed by atoms with van der Waals surface area (Å²) in [5.74, 6) is 0.792. The Morgan fingerprint density at radius 1 is 1.42 bits per heavy atom. The molecule has 62 valence electrons. The van der Waals surface area contributed by atoms with Gasteiger partial charge in [-0.25, -0.2) is 0 Å². The monoisotopic (exact) mass is 181 g/mol. The summed E-state index contributed by atoms with van der Waals surface area (Å²) in [6.07, 6.45) is 1.72. The summed E-state index contributed by atoms with van der Waals surface area (Å²) in [5.41, 5.74) is 2.67. The van der Waals surface area contributed by atoms with Gasteiger partial charge in [-0.15, -0.1) is 0 Å². The molecule has 0 saturated carbocycles. The average Bonchev–Trinajstić information content (AvgIpc) is 2.61. The molecule has 0 fully saturated rings. The van der Waals surface area contributed by atoms with Gasteiger partial charge in [0.1, 0.15) is 11.5 Å². The summed E-state index contributed by atoms with van der Waals surface area (Å²) < 4.78 is 13.0. The van der Waals surface area contributed by atoms with Crippen LogP contribution in [0.5, 0.6) is 0 Å². The van der Waals surface area contributed by atoms with Gasteiger partial charge in [0.25, 0.3) is 0 Å². The molecule has 0 spiro atoms. The molecule has 0 bridgehead atoms. The Bertz CT molecular complexity index is 360. The highest BCUT2D eigenvalue weighted by Crippen LogP contribution is 2.24. The van der Waals surface area contributed by atoms with Crippen LogP contribution in [0.4, 0.5) is 0 Å². The van der Waals surface area contributed by atoms with Gasteiger partial charge in [-0.05, 0) is 13.8 Å². The summed E-state index contributed by atoms with van der Waals surface area (Å²) in [7, 11) is 0. The number of aromatic nitrogens is 3. The predicted molar refractivity (Wildman–Crippen MR) is 44.9 cm³/mol. The van der Waals surface area contributed by atoms with Crippen molar-refractivity contribution in [3.63, 3.8) is 0 Å². The smallest absolute Gasteiger partial charge is 0.143 e. The van der Waals surface area contributed by atoms with E-state index in [1.165, 1.54) is 11.7 Å². The van der Waals surface area contributed by atoms with Crippen LogP contribution in [0.1, 0.15) is 11.5 Å². The SMILES string of the molecule is Cc1noc(C)c1-c1cnsn1. The summed E-state index contributed by atoms with van der Waals surface area (Å²) >= 11 is 1.19. The number of nitrogens with zero attached hydrogens (tertiary/aromatic N) is 3. The molecule has 0 saturated heterocycles. The number of hydrogen-bond acceptors (Lipinski definition) is 5. The van der Waals surface area contributed by atoms with E-state index in [4.69, 9.17) is 4.52 Å². The van der Waals surface area contributed by atoms with E-state index in [0.717, 1.165) is 22.7 Å². The van der Waals surface area contributed by atoms with Crippen molar-refractivity contribution in [2.45, 2.75) is 13.8 Å². The third kappa shape index (κ3) is 1.02. The lowest BCUT2D eigenvalue weighted by atomic mass is 10.1. The quantitative estimate of drug-likeness (QED) is 0.673. The molecule has 2 aromatic heterocycles. The maximum Gasteiger partial charge on any atom is 0.143 e. The minimum atomic E-state index is 0.792. The second-order valence-corrected chi connectivity index (χ2v) is 3.05. The first kappa shape index (κ1) is 7.42. The van der Waals surface area contributed by atoms with E-state index >= 15 is 0 Å². The fourth-order valence-corrected chi connectivity index (χ4v) is 1.54. The van der Waals surface area contributed by atoms with Crippen LogP contribution >= 0.6 is 11.7 Å².